The minimum atomic E-state index is 0. The van der Waals surface area contributed by atoms with Crippen LogP contribution in [-0.4, -0.2) is 19.4 Å². The van der Waals surface area contributed by atoms with Crippen LogP contribution in [0.4, 0.5) is 0 Å². The largest absolute Gasteiger partial charge is 0.311 e. The van der Waals surface area contributed by atoms with Crippen molar-refractivity contribution in [3.63, 3.8) is 0 Å². The standard InChI is InChI=1S/C4H9NO.2ClH/c1-2-5-3-4-6;;/h4-5H,2-3H2,1H3;2*1H. The maximum absolute atomic E-state index is 9.50. The number of carbonyl (C=O) groups is 1. The molecule has 1 N–H and O–H groups in total. The molecule has 0 amide bonds. The van der Waals surface area contributed by atoms with Crippen molar-refractivity contribution in [2.75, 3.05) is 13.1 Å². The molecular weight excluding hydrogens is 149 g/mol. The normalized spacial score (nSPS) is 6.12. The Morgan fingerprint density at radius 3 is 2.12 bits per heavy atom. The van der Waals surface area contributed by atoms with Gasteiger partial charge in [0.1, 0.15) is 6.29 Å². The van der Waals surface area contributed by atoms with Crippen molar-refractivity contribution in [1.29, 1.82) is 0 Å². The lowest BCUT2D eigenvalue weighted by atomic mass is 10.7. The topological polar surface area (TPSA) is 29.1 Å². The summed E-state index contributed by atoms with van der Waals surface area (Å²) in [5, 5.41) is 2.83. The summed E-state index contributed by atoms with van der Waals surface area (Å²) in [6, 6.07) is 0. The molecule has 0 saturated heterocycles. The lowest BCUT2D eigenvalue weighted by Crippen LogP contribution is -2.14. The Kier molecular flexibility index (Phi) is 30.8. The molecule has 0 rings (SSSR count). The fourth-order valence-electron chi connectivity index (χ4n) is 0.203. The van der Waals surface area contributed by atoms with Crippen LogP contribution in [0.3, 0.4) is 0 Å². The monoisotopic (exact) mass is 159 g/mol. The van der Waals surface area contributed by atoms with Crippen molar-refractivity contribution in [1.82, 2.24) is 5.32 Å². The Balaban J connectivity index is -0.000000125. The van der Waals surface area contributed by atoms with E-state index in [1.54, 1.807) is 0 Å². The minimum absolute atomic E-state index is 0. The van der Waals surface area contributed by atoms with E-state index in [2.05, 4.69) is 5.32 Å². The van der Waals surface area contributed by atoms with E-state index < -0.39 is 0 Å². The fraction of sp³-hybridized carbons (Fsp3) is 0.750. The van der Waals surface area contributed by atoms with Gasteiger partial charge in [0, 0.05) is 0 Å². The van der Waals surface area contributed by atoms with Crippen molar-refractivity contribution < 1.29 is 4.79 Å². The summed E-state index contributed by atoms with van der Waals surface area (Å²) >= 11 is 0. The van der Waals surface area contributed by atoms with Crippen LogP contribution in [0.25, 0.3) is 0 Å². The summed E-state index contributed by atoms with van der Waals surface area (Å²) in [5.41, 5.74) is 0. The molecule has 0 saturated carbocycles. The third-order valence-corrected chi connectivity index (χ3v) is 0.478. The summed E-state index contributed by atoms with van der Waals surface area (Å²) in [6.07, 6.45) is 0.851. The molecule has 0 fully saturated rings. The van der Waals surface area contributed by atoms with Crippen LogP contribution in [0.1, 0.15) is 6.92 Å². The van der Waals surface area contributed by atoms with Gasteiger partial charge in [0.2, 0.25) is 0 Å². The third-order valence-electron chi connectivity index (χ3n) is 0.478. The van der Waals surface area contributed by atoms with E-state index in [4.69, 9.17) is 0 Å². The second kappa shape index (κ2) is 15.7. The molecule has 52 valence electrons. The number of hydrogen-bond donors (Lipinski definition) is 1. The van der Waals surface area contributed by atoms with Crippen LogP contribution < -0.4 is 5.32 Å². The van der Waals surface area contributed by atoms with Gasteiger partial charge < -0.3 is 10.1 Å². The van der Waals surface area contributed by atoms with E-state index in [0.29, 0.717) is 6.54 Å². The molecule has 4 heteroatoms. The van der Waals surface area contributed by atoms with Gasteiger partial charge in [-0.15, -0.1) is 24.8 Å². The van der Waals surface area contributed by atoms with Gasteiger partial charge in [-0.2, -0.15) is 0 Å². The zero-order chi connectivity index (χ0) is 4.83. The van der Waals surface area contributed by atoms with Gasteiger partial charge in [0.05, 0.1) is 6.54 Å². The highest BCUT2D eigenvalue weighted by atomic mass is 35.5. The molecule has 0 aromatic carbocycles. The average molecular weight is 160 g/mol. The number of carbonyl (C=O) groups excluding carboxylic acids is 1. The average Bonchev–Trinajstić information content (AvgIpc) is 1.61. The quantitative estimate of drug-likeness (QED) is 0.484. The summed E-state index contributed by atoms with van der Waals surface area (Å²) in [7, 11) is 0. The molecule has 0 aromatic heterocycles. The maximum Gasteiger partial charge on any atom is 0.133 e. The summed E-state index contributed by atoms with van der Waals surface area (Å²) in [4.78, 5) is 9.50. The van der Waals surface area contributed by atoms with E-state index in [9.17, 15) is 4.79 Å². The number of rotatable bonds is 3. The van der Waals surface area contributed by atoms with Crippen molar-refractivity contribution in [3.8, 4) is 0 Å². The number of nitrogens with one attached hydrogen (secondary N) is 1. The lowest BCUT2D eigenvalue weighted by molar-refractivity contribution is -0.107. The predicted molar refractivity (Wildman–Crippen MR) is 39.1 cm³/mol. The molecule has 0 radical (unpaired) electrons. The molecule has 0 aliphatic heterocycles. The van der Waals surface area contributed by atoms with Gasteiger partial charge in [0.15, 0.2) is 0 Å². The molecule has 0 unspecified atom stereocenters. The van der Waals surface area contributed by atoms with Crippen LogP contribution >= 0.6 is 24.8 Å². The first-order valence-electron chi connectivity index (χ1n) is 2.06. The Bertz CT molecular complexity index is 43.0. The molecule has 0 aliphatic rings. The first kappa shape index (κ1) is 15.7. The zero-order valence-corrected chi connectivity index (χ0v) is 6.35. The maximum atomic E-state index is 9.50. The highest BCUT2D eigenvalue weighted by Crippen LogP contribution is 1.46. The number of aldehydes is 1. The second-order valence-electron chi connectivity index (χ2n) is 0.974. The summed E-state index contributed by atoms with van der Waals surface area (Å²) < 4.78 is 0. The molecule has 0 aliphatic carbocycles. The van der Waals surface area contributed by atoms with E-state index in [0.717, 1.165) is 12.8 Å². The van der Waals surface area contributed by atoms with Crippen molar-refractivity contribution in [2.45, 2.75) is 6.92 Å². The van der Waals surface area contributed by atoms with Gasteiger partial charge in [-0.05, 0) is 6.54 Å². The molecule has 0 heterocycles. The van der Waals surface area contributed by atoms with Gasteiger partial charge in [-0.1, -0.05) is 6.92 Å². The Morgan fingerprint density at radius 2 is 2.00 bits per heavy atom. The van der Waals surface area contributed by atoms with Crippen LogP contribution in [0.2, 0.25) is 0 Å². The van der Waals surface area contributed by atoms with E-state index in [1.807, 2.05) is 6.92 Å². The van der Waals surface area contributed by atoms with Crippen LogP contribution in [-0.2, 0) is 4.79 Å². The molecule has 0 aromatic rings. The highest BCUT2D eigenvalue weighted by Gasteiger charge is 1.70. The first-order valence-corrected chi connectivity index (χ1v) is 2.06. The summed E-state index contributed by atoms with van der Waals surface area (Å²) in [5.74, 6) is 0. The molecular formula is C4H11Cl2NO. The first-order chi connectivity index (χ1) is 2.91. The number of halogens is 2. The highest BCUT2D eigenvalue weighted by molar-refractivity contribution is 5.85. The zero-order valence-electron chi connectivity index (χ0n) is 4.72. The molecule has 2 nitrogen and oxygen atoms in total. The Morgan fingerprint density at radius 1 is 1.50 bits per heavy atom. The SMILES string of the molecule is CCNCC=O.Cl.Cl. The van der Waals surface area contributed by atoms with E-state index >= 15 is 0 Å². The predicted octanol–water partition coefficient (Wildman–Crippen LogP) is 0.638. The molecule has 0 spiro atoms. The van der Waals surface area contributed by atoms with Crippen molar-refractivity contribution in [3.05, 3.63) is 0 Å². The Labute approximate surface area is 61.9 Å². The third kappa shape index (κ3) is 16.4. The van der Waals surface area contributed by atoms with Gasteiger partial charge in [0.25, 0.3) is 0 Å². The van der Waals surface area contributed by atoms with Crippen LogP contribution in [0, 0.1) is 0 Å². The van der Waals surface area contributed by atoms with Crippen molar-refractivity contribution in [2.24, 2.45) is 0 Å². The van der Waals surface area contributed by atoms with Gasteiger partial charge >= 0.3 is 0 Å². The van der Waals surface area contributed by atoms with E-state index in [-0.39, 0.29) is 24.8 Å². The van der Waals surface area contributed by atoms with Gasteiger partial charge in [-0.25, -0.2) is 0 Å². The Hall–Kier alpha value is 0.210. The summed E-state index contributed by atoms with van der Waals surface area (Å²) in [6.45, 7) is 3.32. The van der Waals surface area contributed by atoms with Gasteiger partial charge in [-0.3, -0.25) is 0 Å². The van der Waals surface area contributed by atoms with Crippen molar-refractivity contribution >= 4 is 31.1 Å². The van der Waals surface area contributed by atoms with Crippen LogP contribution in [0.15, 0.2) is 0 Å². The number of hydrogen-bond acceptors (Lipinski definition) is 2. The molecule has 0 bridgehead atoms. The number of likely N-dealkylation sites (N-methyl/N-ethyl adjacent to an activating group) is 1. The smallest absolute Gasteiger partial charge is 0.133 e. The second-order valence-corrected chi connectivity index (χ2v) is 0.974. The van der Waals surface area contributed by atoms with E-state index in [1.165, 1.54) is 0 Å². The fourth-order valence-corrected chi connectivity index (χ4v) is 0.203. The van der Waals surface area contributed by atoms with Crippen LogP contribution in [0.5, 0.6) is 0 Å². The lowest BCUT2D eigenvalue weighted by Gasteiger charge is -1.85. The molecule has 0 atom stereocenters. The minimum Gasteiger partial charge on any atom is -0.311 e. The molecule has 8 heavy (non-hydrogen) atoms.